The molecule has 0 saturated carbocycles. The van der Waals surface area contributed by atoms with Gasteiger partial charge in [0.15, 0.2) is 0 Å². The fraction of sp³-hybridized carbons (Fsp3) is 0.364. The van der Waals surface area contributed by atoms with Crippen molar-refractivity contribution < 1.29 is 32.2 Å². The first kappa shape index (κ1) is 35.5. The minimum Gasteiger partial charge on any atom is -0.444 e. The molecule has 246 valence electrons. The number of benzene rings is 2. The standard InChI is InChI=1S/C31H33F3N6O4.C2H6/c1-30(2,3)44-29(42)36-19-21-16-26(31(32,33)34)37-27(17-21)43-25-14-9-10-22(18-25)28(41)35-15-8-7-11-23-20-40(39-38-23)24-12-5-4-6-13-24;1-2/h4-6,9-10,12-14,16-18,20H,7-8,11,15,19H2,1-3H3,(H,35,41)(H,36,42);1-2H3. The van der Waals surface area contributed by atoms with Crippen LogP contribution < -0.4 is 15.4 Å². The van der Waals surface area contributed by atoms with Gasteiger partial charge >= 0.3 is 12.3 Å². The number of nitrogens with zero attached hydrogens (tertiary/aromatic N) is 4. The quantitative estimate of drug-likeness (QED) is 0.165. The first-order valence-corrected chi connectivity index (χ1v) is 14.9. The van der Waals surface area contributed by atoms with Crippen molar-refractivity contribution in [3.05, 3.63) is 95.4 Å². The van der Waals surface area contributed by atoms with Crippen LogP contribution in [-0.2, 0) is 23.9 Å². The Morgan fingerprint density at radius 2 is 1.65 bits per heavy atom. The van der Waals surface area contributed by atoms with Gasteiger partial charge in [-0.3, -0.25) is 4.79 Å². The molecule has 0 unspecified atom stereocenters. The van der Waals surface area contributed by atoms with Gasteiger partial charge in [0.1, 0.15) is 17.0 Å². The largest absolute Gasteiger partial charge is 0.444 e. The summed E-state index contributed by atoms with van der Waals surface area (Å²) in [7, 11) is 0. The van der Waals surface area contributed by atoms with Crippen molar-refractivity contribution in [2.45, 2.75) is 72.2 Å². The first-order chi connectivity index (χ1) is 21.9. The van der Waals surface area contributed by atoms with Crippen LogP contribution in [0.5, 0.6) is 11.6 Å². The van der Waals surface area contributed by atoms with E-state index in [-0.39, 0.29) is 35.2 Å². The number of aromatic nitrogens is 4. The third-order valence-corrected chi connectivity index (χ3v) is 6.01. The van der Waals surface area contributed by atoms with Gasteiger partial charge in [0, 0.05) is 24.7 Å². The Kier molecular flexibility index (Phi) is 12.7. The molecular formula is C33H39F3N6O4. The van der Waals surface area contributed by atoms with E-state index in [1.54, 1.807) is 37.6 Å². The van der Waals surface area contributed by atoms with Gasteiger partial charge < -0.3 is 20.1 Å². The number of halogens is 3. The predicted molar refractivity (Wildman–Crippen MR) is 167 cm³/mol. The molecule has 10 nitrogen and oxygen atoms in total. The van der Waals surface area contributed by atoms with Gasteiger partial charge in [-0.05, 0) is 82.0 Å². The van der Waals surface area contributed by atoms with Crippen molar-refractivity contribution in [3.63, 3.8) is 0 Å². The molecule has 0 saturated heterocycles. The Labute approximate surface area is 266 Å². The lowest BCUT2D eigenvalue weighted by molar-refractivity contribution is -0.141. The van der Waals surface area contributed by atoms with Gasteiger partial charge in [-0.25, -0.2) is 14.5 Å². The highest BCUT2D eigenvalue weighted by atomic mass is 19.4. The topological polar surface area (TPSA) is 120 Å². The molecule has 0 spiro atoms. The lowest BCUT2D eigenvalue weighted by Crippen LogP contribution is -2.32. The minimum absolute atomic E-state index is 0.102. The highest BCUT2D eigenvalue weighted by molar-refractivity contribution is 5.94. The van der Waals surface area contributed by atoms with Crippen molar-refractivity contribution in [2.24, 2.45) is 0 Å². The molecule has 46 heavy (non-hydrogen) atoms. The minimum atomic E-state index is -4.75. The summed E-state index contributed by atoms with van der Waals surface area (Å²) in [5, 5.41) is 13.6. The molecule has 4 rings (SSSR count). The van der Waals surface area contributed by atoms with E-state index in [2.05, 4.69) is 25.9 Å². The lowest BCUT2D eigenvalue weighted by Gasteiger charge is -2.20. The summed E-state index contributed by atoms with van der Waals surface area (Å²) in [5.41, 5.74) is 0.182. The summed E-state index contributed by atoms with van der Waals surface area (Å²) >= 11 is 0. The Balaban J connectivity index is 0.00000282. The number of hydrogen-bond acceptors (Lipinski definition) is 7. The first-order valence-electron chi connectivity index (χ1n) is 14.9. The van der Waals surface area contributed by atoms with Crippen LogP contribution in [0.2, 0.25) is 0 Å². The van der Waals surface area contributed by atoms with Crippen molar-refractivity contribution in [1.82, 2.24) is 30.6 Å². The fourth-order valence-electron chi connectivity index (χ4n) is 4.02. The van der Waals surface area contributed by atoms with Crippen molar-refractivity contribution >= 4 is 12.0 Å². The Morgan fingerprint density at radius 3 is 2.35 bits per heavy atom. The van der Waals surface area contributed by atoms with E-state index in [9.17, 15) is 22.8 Å². The van der Waals surface area contributed by atoms with Crippen LogP contribution >= 0.6 is 0 Å². The summed E-state index contributed by atoms with van der Waals surface area (Å²) in [6.07, 6.45) is -1.47. The van der Waals surface area contributed by atoms with E-state index in [4.69, 9.17) is 9.47 Å². The molecule has 2 aromatic carbocycles. The molecule has 2 N–H and O–H groups in total. The molecule has 2 amide bonds. The number of carbonyl (C=O) groups excluding carboxylic acids is 2. The van der Waals surface area contributed by atoms with Gasteiger partial charge in [-0.15, -0.1) is 5.10 Å². The molecule has 0 aliphatic carbocycles. The summed E-state index contributed by atoms with van der Waals surface area (Å²) in [6, 6.07) is 17.8. The van der Waals surface area contributed by atoms with Crippen molar-refractivity contribution in [2.75, 3.05) is 6.54 Å². The van der Waals surface area contributed by atoms with E-state index in [1.165, 1.54) is 18.2 Å². The number of amides is 2. The SMILES string of the molecule is CC.CC(C)(C)OC(=O)NCc1cc(Oc2cccc(C(=O)NCCCCc3cn(-c4ccccc4)nn3)c2)nc(C(F)(F)F)c1. The molecule has 2 aromatic heterocycles. The number of carbonyl (C=O) groups is 2. The third-order valence-electron chi connectivity index (χ3n) is 6.01. The van der Waals surface area contributed by atoms with Gasteiger partial charge in [0.25, 0.3) is 5.91 Å². The number of alkyl carbamates (subject to hydrolysis) is 1. The van der Waals surface area contributed by atoms with Crippen LogP contribution in [0.4, 0.5) is 18.0 Å². The Hall–Kier alpha value is -4.94. The number of nitrogens with one attached hydrogen (secondary N) is 2. The highest BCUT2D eigenvalue weighted by Crippen LogP contribution is 2.31. The van der Waals surface area contributed by atoms with Crippen LogP contribution in [0.3, 0.4) is 0 Å². The zero-order valence-corrected chi connectivity index (χ0v) is 26.5. The molecule has 0 aliphatic rings. The smallest absolute Gasteiger partial charge is 0.433 e. The molecule has 0 bridgehead atoms. The van der Waals surface area contributed by atoms with Gasteiger partial charge in [-0.2, -0.15) is 13.2 Å². The van der Waals surface area contributed by atoms with E-state index in [1.807, 2.05) is 50.4 Å². The van der Waals surface area contributed by atoms with E-state index in [0.717, 1.165) is 23.9 Å². The average molecular weight is 641 g/mol. The highest BCUT2D eigenvalue weighted by Gasteiger charge is 2.33. The van der Waals surface area contributed by atoms with Gasteiger partial charge in [-0.1, -0.05) is 43.3 Å². The number of rotatable bonds is 11. The maximum Gasteiger partial charge on any atom is 0.433 e. The zero-order valence-electron chi connectivity index (χ0n) is 26.5. The normalized spacial score (nSPS) is 11.2. The molecule has 2 heterocycles. The van der Waals surface area contributed by atoms with Crippen LogP contribution in [-0.4, -0.2) is 44.1 Å². The predicted octanol–water partition coefficient (Wildman–Crippen LogP) is 7.28. The number of aryl methyl sites for hydroxylation is 1. The van der Waals surface area contributed by atoms with Crippen LogP contribution in [0.15, 0.2) is 72.9 Å². The van der Waals surface area contributed by atoms with Crippen molar-refractivity contribution in [3.8, 4) is 17.3 Å². The summed E-state index contributed by atoms with van der Waals surface area (Å²) < 4.78 is 53.0. The second-order valence-corrected chi connectivity index (χ2v) is 10.9. The summed E-state index contributed by atoms with van der Waals surface area (Å²) in [6.45, 7) is 9.18. The van der Waals surface area contributed by atoms with Crippen LogP contribution in [0.25, 0.3) is 5.69 Å². The molecule has 0 radical (unpaired) electrons. The number of pyridine rings is 1. The van der Waals surface area contributed by atoms with E-state index < -0.39 is 23.6 Å². The molecule has 0 fully saturated rings. The second-order valence-electron chi connectivity index (χ2n) is 10.9. The molecule has 13 heteroatoms. The van der Waals surface area contributed by atoms with Crippen LogP contribution in [0.1, 0.15) is 74.8 Å². The maximum atomic E-state index is 13.5. The van der Waals surface area contributed by atoms with Crippen LogP contribution in [0, 0.1) is 0 Å². The molecule has 0 aliphatic heterocycles. The number of alkyl halides is 3. The Morgan fingerprint density at radius 1 is 0.913 bits per heavy atom. The molecule has 0 atom stereocenters. The third kappa shape index (κ3) is 11.5. The summed E-state index contributed by atoms with van der Waals surface area (Å²) in [4.78, 5) is 28.3. The second kappa shape index (κ2) is 16.4. The summed E-state index contributed by atoms with van der Waals surface area (Å²) in [5.74, 6) is -0.579. The van der Waals surface area contributed by atoms with E-state index >= 15 is 0 Å². The van der Waals surface area contributed by atoms with Gasteiger partial charge in [0.2, 0.25) is 5.88 Å². The van der Waals surface area contributed by atoms with Crippen molar-refractivity contribution in [1.29, 1.82) is 0 Å². The zero-order chi connectivity index (χ0) is 33.7. The maximum absolute atomic E-state index is 13.5. The number of para-hydroxylation sites is 1. The number of hydrogen-bond donors (Lipinski definition) is 2. The average Bonchev–Trinajstić information content (AvgIpc) is 3.49. The monoisotopic (exact) mass is 640 g/mol. The fourth-order valence-corrected chi connectivity index (χ4v) is 4.02. The molecular weight excluding hydrogens is 601 g/mol. The van der Waals surface area contributed by atoms with Gasteiger partial charge in [0.05, 0.1) is 17.6 Å². The molecule has 4 aromatic rings. The number of unbranched alkanes of at least 4 members (excludes halogenated alkanes) is 1. The Bertz CT molecular complexity index is 1570. The lowest BCUT2D eigenvalue weighted by atomic mass is 10.2. The van der Waals surface area contributed by atoms with E-state index in [0.29, 0.717) is 19.4 Å². The number of ether oxygens (including phenoxy) is 2.